The van der Waals surface area contributed by atoms with E-state index in [4.69, 9.17) is 9.94 Å². The van der Waals surface area contributed by atoms with E-state index in [0.29, 0.717) is 15.6 Å². The Balaban J connectivity index is 2.09. The summed E-state index contributed by atoms with van der Waals surface area (Å²) in [6.45, 7) is -1.07. The predicted molar refractivity (Wildman–Crippen MR) is 111 cm³/mol. The van der Waals surface area contributed by atoms with Gasteiger partial charge in [0.25, 0.3) is 5.91 Å². The Hall–Kier alpha value is -3.55. The van der Waals surface area contributed by atoms with E-state index in [2.05, 4.69) is 0 Å². The van der Waals surface area contributed by atoms with Gasteiger partial charge in [-0.2, -0.15) is 4.31 Å². The molecule has 0 aromatic heterocycles. The molecule has 0 aliphatic carbocycles. The van der Waals surface area contributed by atoms with Gasteiger partial charge < -0.3 is 4.74 Å². The topological polar surface area (TPSA) is 95.9 Å². The van der Waals surface area contributed by atoms with Crippen molar-refractivity contribution in [2.75, 3.05) is 7.11 Å². The number of carbonyl (C=O) groups excluding carboxylic acids is 1. The molecule has 0 saturated heterocycles. The first-order valence-electron chi connectivity index (χ1n) is 9.69. The zero-order valence-electron chi connectivity index (χ0n) is 17.9. The number of methoxy groups -OCH3 is 1. The smallest absolute Gasteiger partial charge is 0.274 e. The maximum absolute atomic E-state index is 14.4. The summed E-state index contributed by atoms with van der Waals surface area (Å²) in [6, 6.07) is 10.9. The van der Waals surface area contributed by atoms with Crippen molar-refractivity contribution in [3.05, 3.63) is 94.3 Å². The van der Waals surface area contributed by atoms with Crippen LogP contribution in [-0.2, 0) is 23.1 Å². The zero-order valence-corrected chi connectivity index (χ0v) is 18.7. The summed E-state index contributed by atoms with van der Waals surface area (Å²) in [5, 5.41) is 8.70. The number of ether oxygens (including phenoxy) is 1. The molecule has 0 fully saturated rings. The molecule has 0 aliphatic rings. The molecular weight excluding hydrogens is 499 g/mol. The molecule has 0 radical (unpaired) electrons. The van der Waals surface area contributed by atoms with Crippen molar-refractivity contribution < 1.29 is 45.1 Å². The second kappa shape index (κ2) is 10.4. The molecule has 186 valence electrons. The van der Waals surface area contributed by atoms with Gasteiger partial charge in [-0.15, -0.1) is 0 Å². The van der Waals surface area contributed by atoms with E-state index in [-0.39, 0.29) is 11.1 Å². The van der Waals surface area contributed by atoms with Gasteiger partial charge >= 0.3 is 0 Å². The van der Waals surface area contributed by atoms with E-state index in [0.717, 1.165) is 0 Å². The molecule has 1 amide bonds. The van der Waals surface area contributed by atoms with Gasteiger partial charge in [0, 0.05) is 18.7 Å². The second-order valence-electron chi connectivity index (χ2n) is 7.16. The number of sulfonamides is 1. The fourth-order valence-corrected chi connectivity index (χ4v) is 4.66. The van der Waals surface area contributed by atoms with E-state index < -0.39 is 63.0 Å². The summed E-state index contributed by atoms with van der Waals surface area (Å²) in [6.07, 6.45) is 0. The second-order valence-corrected chi connectivity index (χ2v) is 9.03. The number of nitrogens with zero attached hydrogens (tertiary/aromatic N) is 1. The number of carbonyl (C=O) groups is 1. The fraction of sp³-hybridized carbons (Fsp3) is 0.136. The normalized spacial score (nSPS) is 11.5. The molecule has 0 heterocycles. The minimum atomic E-state index is -5.28. The lowest BCUT2D eigenvalue weighted by Gasteiger charge is -2.23. The van der Waals surface area contributed by atoms with Crippen molar-refractivity contribution in [3.63, 3.8) is 0 Å². The van der Waals surface area contributed by atoms with E-state index in [1.54, 1.807) is 0 Å². The molecule has 35 heavy (non-hydrogen) atoms. The van der Waals surface area contributed by atoms with Crippen LogP contribution >= 0.6 is 0 Å². The number of rotatable bonds is 8. The molecular formula is C22H17F5N2O5S. The minimum absolute atomic E-state index is 0.0144. The average molecular weight is 516 g/mol. The molecule has 0 aliphatic heterocycles. The molecule has 0 unspecified atom stereocenters. The Morgan fingerprint density at radius 1 is 0.829 bits per heavy atom. The van der Waals surface area contributed by atoms with Crippen LogP contribution in [0.5, 0.6) is 5.75 Å². The number of halogens is 5. The summed E-state index contributed by atoms with van der Waals surface area (Å²) < 4.78 is 102. The van der Waals surface area contributed by atoms with Crippen LogP contribution in [0.4, 0.5) is 22.0 Å². The van der Waals surface area contributed by atoms with Crippen LogP contribution in [0, 0.1) is 29.1 Å². The Morgan fingerprint density at radius 3 is 1.69 bits per heavy atom. The Bertz CT molecular complexity index is 1320. The van der Waals surface area contributed by atoms with Gasteiger partial charge in [0.2, 0.25) is 15.8 Å². The fourth-order valence-electron chi connectivity index (χ4n) is 3.13. The van der Waals surface area contributed by atoms with Crippen LogP contribution < -0.4 is 10.2 Å². The number of amides is 1. The van der Waals surface area contributed by atoms with Gasteiger partial charge in [-0.25, -0.2) is 35.8 Å². The summed E-state index contributed by atoms with van der Waals surface area (Å²) >= 11 is 0. The first-order valence-corrected chi connectivity index (χ1v) is 11.1. The molecule has 0 atom stereocenters. The van der Waals surface area contributed by atoms with E-state index in [1.165, 1.54) is 61.1 Å². The van der Waals surface area contributed by atoms with E-state index in [9.17, 15) is 35.2 Å². The summed E-state index contributed by atoms with van der Waals surface area (Å²) in [5.41, 5.74) is 1.95. The Labute approximate surface area is 196 Å². The van der Waals surface area contributed by atoms with Crippen LogP contribution in [0.25, 0.3) is 0 Å². The molecule has 3 aromatic carbocycles. The summed E-state index contributed by atoms with van der Waals surface area (Å²) in [7, 11) is -3.88. The van der Waals surface area contributed by atoms with E-state index in [1.807, 2.05) is 0 Å². The number of nitrogens with one attached hydrogen (secondary N) is 1. The summed E-state index contributed by atoms with van der Waals surface area (Å²) in [5.74, 6) is -12.7. The Morgan fingerprint density at radius 2 is 1.26 bits per heavy atom. The molecule has 13 heteroatoms. The zero-order chi connectivity index (χ0) is 25.9. The molecule has 0 bridgehead atoms. The largest absolute Gasteiger partial charge is 0.497 e. The molecule has 7 nitrogen and oxygen atoms in total. The first-order chi connectivity index (χ1) is 16.5. The van der Waals surface area contributed by atoms with Crippen molar-refractivity contribution in [2.45, 2.75) is 18.0 Å². The Kier molecular flexibility index (Phi) is 7.73. The number of benzene rings is 3. The lowest BCUT2D eigenvalue weighted by Crippen LogP contribution is -2.32. The highest BCUT2D eigenvalue weighted by atomic mass is 32.2. The maximum atomic E-state index is 14.4. The highest BCUT2D eigenvalue weighted by Gasteiger charge is 2.37. The van der Waals surface area contributed by atoms with Crippen molar-refractivity contribution in [3.8, 4) is 5.75 Å². The van der Waals surface area contributed by atoms with Crippen molar-refractivity contribution in [1.29, 1.82) is 0 Å². The van der Waals surface area contributed by atoms with Crippen LogP contribution in [0.1, 0.15) is 21.5 Å². The molecule has 3 aromatic rings. The lowest BCUT2D eigenvalue weighted by atomic mass is 10.1. The number of hydrogen-bond donors (Lipinski definition) is 2. The first kappa shape index (κ1) is 26.1. The van der Waals surface area contributed by atoms with Crippen molar-refractivity contribution in [2.24, 2.45) is 0 Å². The van der Waals surface area contributed by atoms with Crippen molar-refractivity contribution in [1.82, 2.24) is 9.79 Å². The molecule has 0 saturated carbocycles. The monoisotopic (exact) mass is 516 g/mol. The highest BCUT2D eigenvalue weighted by Crippen LogP contribution is 2.31. The molecule has 2 N–H and O–H groups in total. The third-order valence-electron chi connectivity index (χ3n) is 4.96. The maximum Gasteiger partial charge on any atom is 0.274 e. The van der Waals surface area contributed by atoms with Gasteiger partial charge in [-0.3, -0.25) is 10.0 Å². The summed E-state index contributed by atoms with van der Waals surface area (Å²) in [4.78, 5) is 9.50. The van der Waals surface area contributed by atoms with Gasteiger partial charge in [0.05, 0.1) is 7.11 Å². The van der Waals surface area contributed by atoms with Gasteiger partial charge in [0.15, 0.2) is 28.2 Å². The van der Waals surface area contributed by atoms with Crippen molar-refractivity contribution >= 4 is 15.9 Å². The number of hydrogen-bond acceptors (Lipinski definition) is 5. The standard InChI is InChI=1S/C22H17F5N2O5S/c1-34-15-8-4-13(5-9-15)11-29(10-12-2-6-14(7-3-12)22(30)28-31)35(32,33)21-19(26)17(24)16(23)18(25)20(21)27/h2-9,31H,10-11H2,1H3,(H,28,30). The third kappa shape index (κ3) is 5.26. The minimum Gasteiger partial charge on any atom is -0.497 e. The van der Waals surface area contributed by atoms with Gasteiger partial charge in [0.1, 0.15) is 5.75 Å². The third-order valence-corrected chi connectivity index (χ3v) is 6.77. The van der Waals surface area contributed by atoms with Gasteiger partial charge in [-0.05, 0) is 35.4 Å². The quantitative estimate of drug-likeness (QED) is 0.156. The lowest BCUT2D eigenvalue weighted by molar-refractivity contribution is 0.0706. The van der Waals surface area contributed by atoms with Crippen LogP contribution in [0.15, 0.2) is 53.4 Å². The predicted octanol–water partition coefficient (Wildman–Crippen LogP) is 3.90. The van der Waals surface area contributed by atoms with Crippen LogP contribution in [-0.4, -0.2) is 30.9 Å². The number of hydroxylamine groups is 1. The molecule has 3 rings (SSSR count). The van der Waals surface area contributed by atoms with E-state index >= 15 is 0 Å². The molecule has 0 spiro atoms. The SMILES string of the molecule is COc1ccc(CN(Cc2ccc(C(=O)NO)cc2)S(=O)(=O)c2c(F)c(F)c(F)c(F)c2F)cc1. The average Bonchev–Trinajstić information content (AvgIpc) is 2.86. The van der Waals surface area contributed by atoms with Crippen LogP contribution in [0.3, 0.4) is 0 Å². The van der Waals surface area contributed by atoms with Crippen LogP contribution in [0.2, 0.25) is 0 Å². The van der Waals surface area contributed by atoms with Gasteiger partial charge in [-0.1, -0.05) is 24.3 Å². The highest BCUT2D eigenvalue weighted by molar-refractivity contribution is 7.89.